The summed E-state index contributed by atoms with van der Waals surface area (Å²) >= 11 is 12.6. The first kappa shape index (κ1) is 17.4. The molecule has 0 saturated carbocycles. The Morgan fingerprint density at radius 1 is 1.04 bits per heavy atom. The van der Waals surface area contributed by atoms with E-state index in [0.29, 0.717) is 15.6 Å². The van der Waals surface area contributed by atoms with Crippen molar-refractivity contribution in [2.75, 3.05) is 0 Å². The number of rotatable bonds is 4. The third kappa shape index (κ3) is 3.35. The Kier molecular flexibility index (Phi) is 4.72. The number of aromatic amines is 1. The predicted octanol–water partition coefficient (Wildman–Crippen LogP) is 5.69. The van der Waals surface area contributed by atoms with E-state index in [1.807, 2.05) is 59.6 Å². The minimum Gasteiger partial charge on any atom is -0.367 e. The highest BCUT2D eigenvalue weighted by atomic mass is 35.5. The van der Waals surface area contributed by atoms with Crippen LogP contribution in [-0.4, -0.2) is 14.5 Å². The Morgan fingerprint density at radius 3 is 2.52 bits per heavy atom. The summed E-state index contributed by atoms with van der Waals surface area (Å²) in [5.41, 5.74) is 4.64. The molecule has 0 saturated heterocycles. The lowest BCUT2D eigenvalue weighted by molar-refractivity contribution is 0.679. The van der Waals surface area contributed by atoms with Crippen LogP contribution in [0.3, 0.4) is 0 Å². The van der Waals surface area contributed by atoms with Gasteiger partial charge in [-0.15, -0.1) is 0 Å². The van der Waals surface area contributed by atoms with E-state index >= 15 is 0 Å². The number of hydrogen-bond donors (Lipinski definition) is 1. The maximum Gasteiger partial charge on any atom is 0.0991 e. The first-order valence-electron chi connectivity index (χ1n) is 8.27. The molecule has 4 nitrogen and oxygen atoms in total. The first-order chi connectivity index (χ1) is 13.2. The number of benzene rings is 2. The first-order valence-corrected chi connectivity index (χ1v) is 9.02. The van der Waals surface area contributed by atoms with Gasteiger partial charge in [0.2, 0.25) is 0 Å². The summed E-state index contributed by atoms with van der Waals surface area (Å²) in [7, 11) is 0. The molecular formula is C21H14Cl2N4. The number of H-pyrrole nitrogens is 1. The van der Waals surface area contributed by atoms with Gasteiger partial charge in [-0.3, -0.25) is 0 Å². The van der Waals surface area contributed by atoms with Crippen LogP contribution in [0, 0.1) is 11.3 Å². The number of nitriles is 1. The molecule has 0 fully saturated rings. The van der Waals surface area contributed by atoms with Crippen LogP contribution >= 0.6 is 23.2 Å². The van der Waals surface area contributed by atoms with Gasteiger partial charge in [0, 0.05) is 46.0 Å². The summed E-state index contributed by atoms with van der Waals surface area (Å²) in [5.74, 6) is 0. The van der Waals surface area contributed by atoms with Gasteiger partial charge in [0.25, 0.3) is 0 Å². The van der Waals surface area contributed by atoms with Gasteiger partial charge in [-0.1, -0.05) is 41.4 Å². The quantitative estimate of drug-likeness (QED) is 0.484. The minimum atomic E-state index is -0.172. The molecule has 0 radical (unpaired) electrons. The van der Waals surface area contributed by atoms with Crippen molar-refractivity contribution in [3.63, 3.8) is 0 Å². The van der Waals surface area contributed by atoms with Crippen LogP contribution in [0.1, 0.15) is 22.7 Å². The van der Waals surface area contributed by atoms with E-state index in [4.69, 9.17) is 28.5 Å². The van der Waals surface area contributed by atoms with Gasteiger partial charge in [-0.2, -0.15) is 5.26 Å². The van der Waals surface area contributed by atoms with E-state index in [0.717, 1.165) is 22.3 Å². The van der Waals surface area contributed by atoms with Gasteiger partial charge in [0.15, 0.2) is 0 Å². The van der Waals surface area contributed by atoms with Gasteiger partial charge in [-0.25, -0.2) is 4.98 Å². The second kappa shape index (κ2) is 7.32. The lowest BCUT2D eigenvalue weighted by Crippen LogP contribution is -2.11. The van der Waals surface area contributed by atoms with Crippen LogP contribution in [0.5, 0.6) is 0 Å². The average molecular weight is 393 g/mol. The lowest BCUT2D eigenvalue weighted by atomic mass is 9.94. The second-order valence-corrected chi connectivity index (χ2v) is 6.94. The monoisotopic (exact) mass is 392 g/mol. The van der Waals surface area contributed by atoms with Crippen molar-refractivity contribution in [2.45, 2.75) is 6.04 Å². The van der Waals surface area contributed by atoms with Crippen molar-refractivity contribution in [3.8, 4) is 17.2 Å². The zero-order valence-electron chi connectivity index (χ0n) is 14.1. The molecule has 0 unspecified atom stereocenters. The predicted molar refractivity (Wildman–Crippen MR) is 107 cm³/mol. The Hall–Kier alpha value is -3.00. The molecule has 0 bridgehead atoms. The van der Waals surface area contributed by atoms with E-state index < -0.39 is 0 Å². The summed E-state index contributed by atoms with van der Waals surface area (Å²) < 4.78 is 2.01. The largest absolute Gasteiger partial charge is 0.367 e. The van der Waals surface area contributed by atoms with Crippen LogP contribution in [-0.2, 0) is 0 Å². The molecule has 0 amide bonds. The standard InChI is InChI=1S/C21H14Cl2N4/c22-16-5-6-17(20(23)9-16)21(27-8-7-25-13-27)19-12-26-11-18(19)15-3-1-14(10-24)2-4-15/h1-9,11-13,21,26H/t21-/m0/s1. The number of nitrogens with zero attached hydrogens (tertiary/aromatic N) is 3. The van der Waals surface area contributed by atoms with Crippen LogP contribution < -0.4 is 0 Å². The summed E-state index contributed by atoms with van der Waals surface area (Å²) in [6, 6.07) is 15.0. The maximum absolute atomic E-state index is 9.04. The highest BCUT2D eigenvalue weighted by molar-refractivity contribution is 6.35. The highest BCUT2D eigenvalue weighted by Gasteiger charge is 2.23. The fourth-order valence-corrected chi connectivity index (χ4v) is 3.72. The van der Waals surface area contributed by atoms with E-state index in [9.17, 15) is 0 Å². The number of halogens is 2. The Labute approximate surface area is 166 Å². The molecule has 0 aliphatic rings. The summed E-state index contributed by atoms with van der Waals surface area (Å²) in [5, 5.41) is 10.2. The van der Waals surface area contributed by atoms with Crippen molar-refractivity contribution in [1.29, 1.82) is 5.26 Å². The molecule has 2 aromatic carbocycles. The molecule has 27 heavy (non-hydrogen) atoms. The molecule has 132 valence electrons. The van der Waals surface area contributed by atoms with Crippen molar-refractivity contribution < 1.29 is 0 Å². The third-order valence-corrected chi connectivity index (χ3v) is 5.04. The Bertz CT molecular complexity index is 1110. The molecule has 2 heterocycles. The number of nitrogens with one attached hydrogen (secondary N) is 1. The number of imidazole rings is 1. The Morgan fingerprint density at radius 2 is 1.85 bits per heavy atom. The van der Waals surface area contributed by atoms with Crippen molar-refractivity contribution in [3.05, 3.63) is 100 Å². The van der Waals surface area contributed by atoms with Crippen LogP contribution in [0.15, 0.2) is 73.6 Å². The van der Waals surface area contributed by atoms with E-state index in [2.05, 4.69) is 16.0 Å². The van der Waals surface area contributed by atoms with Crippen molar-refractivity contribution in [2.24, 2.45) is 0 Å². The van der Waals surface area contributed by atoms with E-state index in [1.54, 1.807) is 18.6 Å². The zero-order valence-corrected chi connectivity index (χ0v) is 15.6. The average Bonchev–Trinajstić information content (AvgIpc) is 3.36. The second-order valence-electron chi connectivity index (χ2n) is 6.09. The molecule has 1 N–H and O–H groups in total. The number of hydrogen-bond acceptors (Lipinski definition) is 2. The molecule has 4 rings (SSSR count). The number of aromatic nitrogens is 3. The zero-order chi connectivity index (χ0) is 18.8. The van der Waals surface area contributed by atoms with E-state index in [-0.39, 0.29) is 6.04 Å². The van der Waals surface area contributed by atoms with E-state index in [1.165, 1.54) is 0 Å². The van der Waals surface area contributed by atoms with Crippen LogP contribution in [0.4, 0.5) is 0 Å². The third-order valence-electron chi connectivity index (χ3n) is 4.48. The smallest absolute Gasteiger partial charge is 0.0991 e. The van der Waals surface area contributed by atoms with Gasteiger partial charge in [0.1, 0.15) is 0 Å². The summed E-state index contributed by atoms with van der Waals surface area (Å²) in [6.07, 6.45) is 9.33. The minimum absolute atomic E-state index is 0.172. The molecule has 4 aromatic rings. The fraction of sp³-hybridized carbons (Fsp3) is 0.0476. The Balaban J connectivity index is 1.87. The normalized spacial score (nSPS) is 11.9. The van der Waals surface area contributed by atoms with Gasteiger partial charge in [-0.05, 0) is 35.4 Å². The molecule has 2 aromatic heterocycles. The van der Waals surface area contributed by atoms with Crippen molar-refractivity contribution in [1.82, 2.24) is 14.5 Å². The molecule has 0 aliphatic carbocycles. The van der Waals surface area contributed by atoms with Crippen molar-refractivity contribution >= 4 is 23.2 Å². The summed E-state index contributed by atoms with van der Waals surface area (Å²) in [4.78, 5) is 7.40. The van der Waals surface area contributed by atoms with Gasteiger partial charge in [0.05, 0.1) is 24.0 Å². The maximum atomic E-state index is 9.04. The molecule has 6 heteroatoms. The highest BCUT2D eigenvalue weighted by Crippen LogP contribution is 2.38. The summed E-state index contributed by atoms with van der Waals surface area (Å²) in [6.45, 7) is 0. The topological polar surface area (TPSA) is 57.4 Å². The van der Waals surface area contributed by atoms with Gasteiger partial charge < -0.3 is 9.55 Å². The lowest BCUT2D eigenvalue weighted by Gasteiger charge is -2.21. The molecule has 0 spiro atoms. The molecule has 0 aliphatic heterocycles. The molecule has 1 atom stereocenters. The fourth-order valence-electron chi connectivity index (χ4n) is 3.21. The van der Waals surface area contributed by atoms with Gasteiger partial charge >= 0.3 is 0 Å². The van der Waals surface area contributed by atoms with Crippen LogP contribution in [0.25, 0.3) is 11.1 Å². The van der Waals surface area contributed by atoms with Crippen LogP contribution in [0.2, 0.25) is 10.0 Å². The molecular weight excluding hydrogens is 379 g/mol. The SMILES string of the molecule is N#Cc1ccc(-c2c[nH]cc2[C@H](c2ccc(Cl)cc2Cl)n2ccnc2)cc1.